The molecular weight excluding hydrogens is 515 g/mol. The Morgan fingerprint density at radius 1 is 1.18 bits per heavy atom. The van der Waals surface area contributed by atoms with Crippen LogP contribution in [0.15, 0.2) is 39.5 Å². The summed E-state index contributed by atoms with van der Waals surface area (Å²) in [5.41, 5.74) is 0.389. The smallest absolute Gasteiger partial charge is 0.351 e. The minimum Gasteiger partial charge on any atom is -0.462 e. The van der Waals surface area contributed by atoms with Crippen LogP contribution in [0.2, 0.25) is 0 Å². The molecule has 1 aliphatic heterocycles. The Bertz CT molecular complexity index is 1720. The van der Waals surface area contributed by atoms with E-state index in [4.69, 9.17) is 9.15 Å². The number of halogens is 1. The molecule has 40 heavy (non-hydrogen) atoms. The van der Waals surface area contributed by atoms with Crippen LogP contribution in [0.3, 0.4) is 0 Å². The summed E-state index contributed by atoms with van der Waals surface area (Å²) in [5.74, 6) is -1.70. The Morgan fingerprint density at radius 3 is 2.73 bits per heavy atom. The maximum atomic E-state index is 15.7. The SMILES string of the molecule is CCOC(=O)c1cc2ccc(-c3cc4nc(C(=O)N5CCCCC[C@H]5C)cc(C5(C)CC5)n4n3)c(F)c2oc1=O. The van der Waals surface area contributed by atoms with Crippen molar-refractivity contribution < 1.29 is 23.1 Å². The predicted molar refractivity (Wildman–Crippen MR) is 146 cm³/mol. The van der Waals surface area contributed by atoms with E-state index >= 15 is 4.39 Å². The maximum Gasteiger partial charge on any atom is 0.351 e. The Morgan fingerprint density at radius 2 is 1.98 bits per heavy atom. The summed E-state index contributed by atoms with van der Waals surface area (Å²) < 4.78 is 27.6. The molecule has 4 aromatic rings. The van der Waals surface area contributed by atoms with Crippen LogP contribution < -0.4 is 5.63 Å². The monoisotopic (exact) mass is 546 g/mol. The van der Waals surface area contributed by atoms with Gasteiger partial charge in [0.1, 0.15) is 11.3 Å². The third kappa shape index (κ3) is 4.45. The summed E-state index contributed by atoms with van der Waals surface area (Å²) in [6.45, 7) is 6.63. The van der Waals surface area contributed by atoms with Crippen molar-refractivity contribution in [2.45, 2.75) is 70.8 Å². The van der Waals surface area contributed by atoms with Gasteiger partial charge in [-0.15, -0.1) is 0 Å². The number of benzene rings is 1. The van der Waals surface area contributed by atoms with Crippen LogP contribution in [-0.2, 0) is 10.2 Å². The molecule has 0 bridgehead atoms. The molecule has 0 spiro atoms. The molecule has 0 unspecified atom stereocenters. The van der Waals surface area contributed by atoms with E-state index in [2.05, 4.69) is 23.9 Å². The second-order valence-electron chi connectivity index (χ2n) is 11.1. The highest BCUT2D eigenvalue weighted by atomic mass is 19.1. The highest BCUT2D eigenvalue weighted by Crippen LogP contribution is 2.47. The largest absolute Gasteiger partial charge is 0.462 e. The molecule has 0 radical (unpaired) electrons. The van der Waals surface area contributed by atoms with Gasteiger partial charge >= 0.3 is 11.6 Å². The summed E-state index contributed by atoms with van der Waals surface area (Å²) in [4.78, 5) is 44.7. The maximum absolute atomic E-state index is 15.7. The second kappa shape index (κ2) is 9.83. The number of ether oxygens (including phenoxy) is 1. The number of carbonyl (C=O) groups is 2. The van der Waals surface area contributed by atoms with E-state index in [1.165, 1.54) is 12.1 Å². The molecule has 1 amide bonds. The molecule has 1 saturated carbocycles. The summed E-state index contributed by atoms with van der Waals surface area (Å²) in [7, 11) is 0. The van der Waals surface area contributed by atoms with Crippen molar-refractivity contribution in [3.63, 3.8) is 0 Å². The van der Waals surface area contributed by atoms with Crippen molar-refractivity contribution >= 4 is 28.5 Å². The van der Waals surface area contributed by atoms with E-state index in [0.717, 1.165) is 44.2 Å². The number of nitrogens with zero attached hydrogens (tertiary/aromatic N) is 4. The average Bonchev–Trinajstić information content (AvgIpc) is 3.60. The molecule has 1 atom stereocenters. The third-order valence-electron chi connectivity index (χ3n) is 8.19. The molecule has 2 aliphatic rings. The van der Waals surface area contributed by atoms with Gasteiger partial charge in [-0.3, -0.25) is 4.79 Å². The standard InChI is InChI=1S/C30H31FN4O5/c1-4-39-28(37)20-14-18-9-10-19(25(31)26(18)40-29(20)38)21-16-24-32-22(15-23(35(24)33-21)30(3)11-12-30)27(36)34-13-7-5-6-8-17(34)2/h9-10,14-17H,4-8,11-13H2,1-3H3/t17-/m1/s1. The molecule has 6 rings (SSSR count). The van der Waals surface area contributed by atoms with Crippen LogP contribution in [0, 0.1) is 5.82 Å². The fourth-order valence-electron chi connectivity index (χ4n) is 5.51. The summed E-state index contributed by atoms with van der Waals surface area (Å²) >= 11 is 0. The van der Waals surface area contributed by atoms with Gasteiger partial charge in [0.15, 0.2) is 17.0 Å². The molecular formula is C30H31FN4O5. The van der Waals surface area contributed by atoms with Crippen molar-refractivity contribution in [2.75, 3.05) is 13.2 Å². The lowest BCUT2D eigenvalue weighted by molar-refractivity contribution is 0.0521. The number of hydrogen-bond donors (Lipinski definition) is 0. The van der Waals surface area contributed by atoms with E-state index in [-0.39, 0.29) is 46.1 Å². The number of hydrogen-bond acceptors (Lipinski definition) is 7. The zero-order valence-electron chi connectivity index (χ0n) is 22.8. The molecule has 4 heterocycles. The lowest BCUT2D eigenvalue weighted by atomic mass is 10.0. The topological polar surface area (TPSA) is 107 Å². The predicted octanol–water partition coefficient (Wildman–Crippen LogP) is 5.27. The van der Waals surface area contributed by atoms with Gasteiger partial charge in [-0.05, 0) is 57.7 Å². The average molecular weight is 547 g/mol. The van der Waals surface area contributed by atoms with Gasteiger partial charge in [-0.2, -0.15) is 5.10 Å². The van der Waals surface area contributed by atoms with Crippen LogP contribution in [0.5, 0.6) is 0 Å². The molecule has 9 nitrogen and oxygen atoms in total. The van der Waals surface area contributed by atoms with Crippen molar-refractivity contribution in [2.24, 2.45) is 0 Å². The Kier molecular flexibility index (Phi) is 6.43. The molecule has 1 saturated heterocycles. The third-order valence-corrected chi connectivity index (χ3v) is 8.19. The van der Waals surface area contributed by atoms with Gasteiger partial charge in [-0.25, -0.2) is 23.5 Å². The highest BCUT2D eigenvalue weighted by molar-refractivity contribution is 5.94. The molecule has 1 aromatic carbocycles. The number of esters is 1. The molecule has 208 valence electrons. The van der Waals surface area contributed by atoms with E-state index < -0.39 is 17.4 Å². The number of carbonyl (C=O) groups excluding carboxylic acids is 2. The van der Waals surface area contributed by atoms with Gasteiger partial charge in [0.2, 0.25) is 0 Å². The van der Waals surface area contributed by atoms with Gasteiger partial charge in [0.25, 0.3) is 5.91 Å². The number of aromatic nitrogens is 3. The van der Waals surface area contributed by atoms with E-state index in [0.29, 0.717) is 23.6 Å². The first kappa shape index (κ1) is 26.2. The zero-order valence-corrected chi connectivity index (χ0v) is 22.8. The van der Waals surface area contributed by atoms with Crippen LogP contribution >= 0.6 is 0 Å². The Hall–Kier alpha value is -4.08. The first-order valence-electron chi connectivity index (χ1n) is 13.9. The lowest BCUT2D eigenvalue weighted by Crippen LogP contribution is -2.39. The minimum atomic E-state index is -0.978. The first-order chi connectivity index (χ1) is 19.2. The van der Waals surface area contributed by atoms with Crippen molar-refractivity contribution in [3.8, 4) is 11.3 Å². The Balaban J connectivity index is 1.44. The number of fused-ring (bicyclic) bond motifs is 2. The zero-order chi connectivity index (χ0) is 28.2. The highest BCUT2D eigenvalue weighted by Gasteiger charge is 2.42. The minimum absolute atomic E-state index is 0.0942. The number of likely N-dealkylation sites (tertiary alicyclic amines) is 1. The molecule has 0 N–H and O–H groups in total. The normalized spacial score (nSPS) is 18.6. The first-order valence-corrected chi connectivity index (χ1v) is 13.9. The molecule has 1 aliphatic carbocycles. The quantitative estimate of drug-likeness (QED) is 0.248. The molecule has 10 heteroatoms. The summed E-state index contributed by atoms with van der Waals surface area (Å²) in [6.07, 6.45) is 6.05. The van der Waals surface area contributed by atoms with Crippen molar-refractivity contribution in [1.29, 1.82) is 0 Å². The summed E-state index contributed by atoms with van der Waals surface area (Å²) in [5, 5.41) is 4.93. The molecule has 3 aromatic heterocycles. The Labute approximate surface area is 229 Å². The van der Waals surface area contributed by atoms with Crippen molar-refractivity contribution in [1.82, 2.24) is 19.5 Å². The van der Waals surface area contributed by atoms with Gasteiger partial charge in [0, 0.05) is 35.0 Å². The van der Waals surface area contributed by atoms with E-state index in [9.17, 15) is 14.4 Å². The fraction of sp³-hybridized carbons (Fsp3) is 0.433. The summed E-state index contributed by atoms with van der Waals surface area (Å²) in [6, 6.07) is 7.98. The van der Waals surface area contributed by atoms with E-state index in [1.807, 2.05) is 11.0 Å². The van der Waals surface area contributed by atoms with E-state index in [1.54, 1.807) is 23.6 Å². The number of rotatable bonds is 5. The lowest BCUT2D eigenvalue weighted by Gasteiger charge is -2.27. The second-order valence-corrected chi connectivity index (χ2v) is 11.1. The van der Waals surface area contributed by atoms with Crippen LogP contribution in [0.1, 0.15) is 85.8 Å². The van der Waals surface area contributed by atoms with Gasteiger partial charge < -0.3 is 14.1 Å². The van der Waals surface area contributed by atoms with Crippen LogP contribution in [0.25, 0.3) is 27.9 Å². The number of amides is 1. The van der Waals surface area contributed by atoms with Crippen molar-refractivity contribution in [3.05, 3.63) is 63.5 Å². The van der Waals surface area contributed by atoms with Crippen LogP contribution in [0.4, 0.5) is 4.39 Å². The fourth-order valence-corrected chi connectivity index (χ4v) is 5.51. The van der Waals surface area contributed by atoms with Gasteiger partial charge in [-0.1, -0.05) is 25.8 Å². The van der Waals surface area contributed by atoms with Crippen LogP contribution in [-0.4, -0.2) is 50.6 Å². The van der Waals surface area contributed by atoms with Gasteiger partial charge in [0.05, 0.1) is 18.0 Å². The molecule has 2 fully saturated rings.